The number of aromatic amines is 1. The van der Waals surface area contributed by atoms with Crippen LogP contribution >= 0.6 is 0 Å². The van der Waals surface area contributed by atoms with Crippen molar-refractivity contribution >= 4 is 0 Å². The Morgan fingerprint density at radius 3 is 2.71 bits per heavy atom. The number of hydrogen-bond donors (Lipinski definition) is 2. The highest BCUT2D eigenvalue weighted by Crippen LogP contribution is 2.30. The zero-order chi connectivity index (χ0) is 15.0. The molecule has 21 heavy (non-hydrogen) atoms. The van der Waals surface area contributed by atoms with Gasteiger partial charge in [-0.3, -0.25) is 14.3 Å². The van der Waals surface area contributed by atoms with E-state index in [1.807, 2.05) is 25.1 Å². The highest BCUT2D eigenvalue weighted by Gasteiger charge is 2.22. The molecule has 1 heterocycles. The summed E-state index contributed by atoms with van der Waals surface area (Å²) in [5.41, 5.74) is 0.686. The van der Waals surface area contributed by atoms with Crippen LogP contribution in [0.1, 0.15) is 24.8 Å². The van der Waals surface area contributed by atoms with E-state index in [4.69, 9.17) is 0 Å². The number of rotatable bonds is 3. The molecule has 0 unspecified atom stereocenters. The second kappa shape index (κ2) is 5.24. The first kappa shape index (κ1) is 13.7. The minimum atomic E-state index is -0.548. The molecule has 1 aromatic carbocycles. The van der Waals surface area contributed by atoms with E-state index in [9.17, 15) is 14.7 Å². The summed E-state index contributed by atoms with van der Waals surface area (Å²) >= 11 is 0. The van der Waals surface area contributed by atoms with Crippen molar-refractivity contribution in [2.45, 2.75) is 32.7 Å². The standard InChI is InChI=1S/C16H18N2O3/c1-10-4-2-7-12(8-10)13-14(19)17-16(21)18(15(13)20)9-11-5-3-6-11/h2,4,7-8,11,20H,3,5-6,9H2,1H3,(H,17,19,21). The number of nitrogens with zero attached hydrogens (tertiary/aromatic N) is 1. The molecule has 1 fully saturated rings. The van der Waals surface area contributed by atoms with E-state index in [-0.39, 0.29) is 11.4 Å². The Bertz CT molecular complexity index is 785. The molecular formula is C16H18N2O3. The molecule has 0 amide bonds. The van der Waals surface area contributed by atoms with Crippen LogP contribution in [0.3, 0.4) is 0 Å². The Labute approximate surface area is 121 Å². The first-order valence-electron chi connectivity index (χ1n) is 7.19. The normalized spacial score (nSPS) is 14.9. The van der Waals surface area contributed by atoms with Crippen LogP contribution in [0.2, 0.25) is 0 Å². The van der Waals surface area contributed by atoms with Gasteiger partial charge in [0.05, 0.1) is 0 Å². The molecular weight excluding hydrogens is 268 g/mol. The van der Waals surface area contributed by atoms with Gasteiger partial charge in [-0.1, -0.05) is 36.2 Å². The molecule has 0 radical (unpaired) electrons. The van der Waals surface area contributed by atoms with Crippen LogP contribution in [0, 0.1) is 12.8 Å². The fourth-order valence-electron chi connectivity index (χ4n) is 2.72. The van der Waals surface area contributed by atoms with E-state index in [0.717, 1.165) is 24.8 Å². The van der Waals surface area contributed by atoms with Crippen molar-refractivity contribution in [3.05, 3.63) is 50.7 Å². The van der Waals surface area contributed by atoms with Gasteiger partial charge in [0.2, 0.25) is 5.88 Å². The Balaban J connectivity index is 2.13. The fourth-order valence-corrected chi connectivity index (χ4v) is 2.72. The summed E-state index contributed by atoms with van der Waals surface area (Å²) in [4.78, 5) is 26.3. The number of benzene rings is 1. The van der Waals surface area contributed by atoms with Gasteiger partial charge in [-0.25, -0.2) is 4.79 Å². The van der Waals surface area contributed by atoms with Crippen LogP contribution in [-0.2, 0) is 6.54 Å². The molecule has 5 heteroatoms. The van der Waals surface area contributed by atoms with Gasteiger partial charge in [0.1, 0.15) is 5.56 Å². The summed E-state index contributed by atoms with van der Waals surface area (Å²) in [7, 11) is 0. The van der Waals surface area contributed by atoms with E-state index < -0.39 is 11.2 Å². The van der Waals surface area contributed by atoms with E-state index >= 15 is 0 Å². The van der Waals surface area contributed by atoms with E-state index in [0.29, 0.717) is 18.0 Å². The van der Waals surface area contributed by atoms with Crippen molar-refractivity contribution in [2.75, 3.05) is 0 Å². The van der Waals surface area contributed by atoms with Crippen LogP contribution in [-0.4, -0.2) is 14.7 Å². The van der Waals surface area contributed by atoms with Gasteiger partial charge >= 0.3 is 5.69 Å². The summed E-state index contributed by atoms with van der Waals surface area (Å²) in [5.74, 6) is 0.172. The van der Waals surface area contributed by atoms with Gasteiger partial charge < -0.3 is 5.11 Å². The molecule has 0 saturated heterocycles. The first-order valence-corrected chi connectivity index (χ1v) is 7.19. The van der Waals surface area contributed by atoms with Crippen molar-refractivity contribution in [1.29, 1.82) is 0 Å². The molecule has 3 rings (SSSR count). The average molecular weight is 286 g/mol. The summed E-state index contributed by atoms with van der Waals surface area (Å²) in [6.07, 6.45) is 3.28. The Hall–Kier alpha value is -2.30. The lowest BCUT2D eigenvalue weighted by molar-refractivity contribution is 0.257. The zero-order valence-electron chi connectivity index (χ0n) is 11.9. The molecule has 1 aliphatic rings. The Kier molecular flexibility index (Phi) is 3.41. The summed E-state index contributed by atoms with van der Waals surface area (Å²) in [6, 6.07) is 7.32. The van der Waals surface area contributed by atoms with E-state index in [1.165, 1.54) is 4.57 Å². The number of nitrogens with one attached hydrogen (secondary N) is 1. The van der Waals surface area contributed by atoms with Gasteiger partial charge in [-0.2, -0.15) is 0 Å². The number of hydrogen-bond acceptors (Lipinski definition) is 3. The third-order valence-corrected chi connectivity index (χ3v) is 4.14. The molecule has 2 aromatic rings. The third kappa shape index (κ3) is 2.51. The van der Waals surface area contributed by atoms with Crippen molar-refractivity contribution in [1.82, 2.24) is 9.55 Å². The summed E-state index contributed by atoms with van der Waals surface area (Å²) in [6.45, 7) is 2.37. The Morgan fingerprint density at radius 1 is 1.33 bits per heavy atom. The number of aryl methyl sites for hydroxylation is 1. The molecule has 2 N–H and O–H groups in total. The summed E-state index contributed by atoms with van der Waals surface area (Å²) < 4.78 is 1.28. The maximum atomic E-state index is 12.1. The van der Waals surface area contributed by atoms with Gasteiger partial charge in [0.25, 0.3) is 5.56 Å². The molecule has 0 aliphatic heterocycles. The second-order valence-corrected chi connectivity index (χ2v) is 5.73. The minimum Gasteiger partial charge on any atom is -0.494 e. The van der Waals surface area contributed by atoms with Gasteiger partial charge in [-0.05, 0) is 31.2 Å². The second-order valence-electron chi connectivity index (χ2n) is 5.73. The van der Waals surface area contributed by atoms with E-state index in [1.54, 1.807) is 6.07 Å². The number of aromatic hydroxyl groups is 1. The van der Waals surface area contributed by atoms with Crippen LogP contribution in [0.4, 0.5) is 0 Å². The lowest BCUT2D eigenvalue weighted by Gasteiger charge is -2.26. The molecule has 110 valence electrons. The molecule has 5 nitrogen and oxygen atoms in total. The van der Waals surface area contributed by atoms with Crippen molar-refractivity contribution in [3.8, 4) is 17.0 Å². The largest absolute Gasteiger partial charge is 0.494 e. The molecule has 0 atom stereocenters. The van der Waals surface area contributed by atoms with Crippen LogP contribution in [0.15, 0.2) is 33.9 Å². The SMILES string of the molecule is Cc1cccc(-c2c(O)n(CC3CCC3)c(=O)[nH]c2=O)c1. The molecule has 1 aromatic heterocycles. The average Bonchev–Trinajstić information content (AvgIpc) is 2.36. The maximum Gasteiger partial charge on any atom is 0.331 e. The lowest BCUT2D eigenvalue weighted by atomic mass is 9.85. The third-order valence-electron chi connectivity index (χ3n) is 4.14. The molecule has 0 spiro atoms. The predicted octanol–water partition coefficient (Wildman–Crippen LogP) is 2.02. The first-order chi connectivity index (χ1) is 10.1. The number of aromatic nitrogens is 2. The summed E-state index contributed by atoms with van der Waals surface area (Å²) in [5, 5.41) is 10.4. The number of H-pyrrole nitrogens is 1. The van der Waals surface area contributed by atoms with Gasteiger partial charge in [0, 0.05) is 6.54 Å². The van der Waals surface area contributed by atoms with Crippen molar-refractivity contribution < 1.29 is 5.11 Å². The highest BCUT2D eigenvalue weighted by molar-refractivity contribution is 5.67. The highest BCUT2D eigenvalue weighted by atomic mass is 16.3. The lowest BCUT2D eigenvalue weighted by Crippen LogP contribution is -2.34. The quantitative estimate of drug-likeness (QED) is 0.906. The van der Waals surface area contributed by atoms with Gasteiger partial charge in [-0.15, -0.1) is 0 Å². The minimum absolute atomic E-state index is 0.164. The van der Waals surface area contributed by atoms with Crippen LogP contribution < -0.4 is 11.2 Å². The van der Waals surface area contributed by atoms with E-state index in [2.05, 4.69) is 4.98 Å². The van der Waals surface area contributed by atoms with Crippen LogP contribution in [0.25, 0.3) is 11.1 Å². The topological polar surface area (TPSA) is 75.1 Å². The van der Waals surface area contributed by atoms with Crippen LogP contribution in [0.5, 0.6) is 5.88 Å². The smallest absolute Gasteiger partial charge is 0.331 e. The zero-order valence-corrected chi connectivity index (χ0v) is 11.9. The predicted molar refractivity (Wildman–Crippen MR) is 80.5 cm³/mol. The van der Waals surface area contributed by atoms with Gasteiger partial charge in [0.15, 0.2) is 0 Å². The van der Waals surface area contributed by atoms with Crippen molar-refractivity contribution in [2.24, 2.45) is 5.92 Å². The molecule has 0 bridgehead atoms. The monoisotopic (exact) mass is 286 g/mol. The molecule has 1 saturated carbocycles. The Morgan fingerprint density at radius 2 is 2.10 bits per heavy atom. The van der Waals surface area contributed by atoms with Crippen molar-refractivity contribution in [3.63, 3.8) is 0 Å². The fraction of sp³-hybridized carbons (Fsp3) is 0.375. The maximum absolute atomic E-state index is 12.1. The molecule has 1 aliphatic carbocycles.